The van der Waals surface area contributed by atoms with E-state index in [1.54, 1.807) is 30.0 Å². The van der Waals surface area contributed by atoms with Crippen molar-refractivity contribution in [2.75, 3.05) is 25.6 Å². The largest absolute Gasteiger partial charge is 0.316 e. The monoisotopic (exact) mass is 302 g/mol. The maximum atomic E-state index is 12.2. The zero-order chi connectivity index (χ0) is 14.3. The molecule has 4 nitrogen and oxygen atoms in total. The van der Waals surface area contributed by atoms with Crippen LogP contribution in [0.4, 0.5) is 0 Å². The number of hydrogen-bond acceptors (Lipinski definition) is 4. The highest BCUT2D eigenvalue weighted by molar-refractivity contribution is 7.98. The molecule has 1 aromatic rings. The second-order valence-electron chi connectivity index (χ2n) is 4.59. The van der Waals surface area contributed by atoms with Gasteiger partial charge >= 0.3 is 0 Å². The Morgan fingerprint density at radius 3 is 2.74 bits per heavy atom. The number of rotatable bonds is 8. The van der Waals surface area contributed by atoms with Gasteiger partial charge in [-0.3, -0.25) is 0 Å². The summed E-state index contributed by atoms with van der Waals surface area (Å²) in [6.45, 7) is 3.17. The van der Waals surface area contributed by atoms with Gasteiger partial charge in [-0.05, 0) is 42.7 Å². The van der Waals surface area contributed by atoms with Gasteiger partial charge in [-0.2, -0.15) is 11.8 Å². The SMILES string of the molecule is CNCc1cccc(S(=O)(=O)NCC(C)CSC)c1. The molecule has 0 saturated heterocycles. The van der Waals surface area contributed by atoms with Crippen molar-refractivity contribution in [1.29, 1.82) is 0 Å². The van der Waals surface area contributed by atoms with Gasteiger partial charge in [0.15, 0.2) is 0 Å². The average molecular weight is 302 g/mol. The highest BCUT2D eigenvalue weighted by atomic mass is 32.2. The highest BCUT2D eigenvalue weighted by Gasteiger charge is 2.15. The Kier molecular flexibility index (Phi) is 6.85. The number of sulfonamides is 1. The van der Waals surface area contributed by atoms with Crippen LogP contribution in [0.25, 0.3) is 0 Å². The Labute approximate surface area is 120 Å². The summed E-state index contributed by atoms with van der Waals surface area (Å²) < 4.78 is 27.0. The van der Waals surface area contributed by atoms with E-state index in [2.05, 4.69) is 10.0 Å². The van der Waals surface area contributed by atoms with Crippen LogP contribution in [0.2, 0.25) is 0 Å². The van der Waals surface area contributed by atoms with Crippen LogP contribution < -0.4 is 10.0 Å². The third-order valence-corrected chi connectivity index (χ3v) is 4.99. The Morgan fingerprint density at radius 2 is 2.11 bits per heavy atom. The summed E-state index contributed by atoms with van der Waals surface area (Å²) in [5.41, 5.74) is 0.961. The lowest BCUT2D eigenvalue weighted by Crippen LogP contribution is -2.29. The van der Waals surface area contributed by atoms with E-state index >= 15 is 0 Å². The molecule has 1 atom stereocenters. The maximum absolute atomic E-state index is 12.2. The van der Waals surface area contributed by atoms with Crippen molar-refractivity contribution in [2.45, 2.75) is 18.4 Å². The predicted molar refractivity (Wildman–Crippen MR) is 81.9 cm³/mol. The van der Waals surface area contributed by atoms with Gasteiger partial charge < -0.3 is 5.32 Å². The summed E-state index contributed by atoms with van der Waals surface area (Å²) in [5.74, 6) is 1.27. The van der Waals surface area contributed by atoms with Crippen LogP contribution in [0.1, 0.15) is 12.5 Å². The first-order valence-corrected chi connectivity index (χ1v) is 9.09. The van der Waals surface area contributed by atoms with E-state index in [4.69, 9.17) is 0 Å². The Bertz CT molecular complexity index is 489. The van der Waals surface area contributed by atoms with Crippen LogP contribution >= 0.6 is 11.8 Å². The smallest absolute Gasteiger partial charge is 0.240 e. The molecular formula is C13H22N2O2S2. The van der Waals surface area contributed by atoms with E-state index in [-0.39, 0.29) is 0 Å². The molecule has 6 heteroatoms. The molecule has 0 heterocycles. The van der Waals surface area contributed by atoms with Gasteiger partial charge in [0.05, 0.1) is 4.90 Å². The molecule has 0 aliphatic rings. The Hall–Kier alpha value is -0.560. The lowest BCUT2D eigenvalue weighted by molar-refractivity contribution is 0.562. The summed E-state index contributed by atoms with van der Waals surface area (Å²) in [4.78, 5) is 0.330. The normalized spacial score (nSPS) is 13.4. The van der Waals surface area contributed by atoms with Gasteiger partial charge in [0.1, 0.15) is 0 Å². The van der Waals surface area contributed by atoms with E-state index in [1.165, 1.54) is 0 Å². The molecule has 0 spiro atoms. The summed E-state index contributed by atoms with van der Waals surface area (Å²) in [6, 6.07) is 7.01. The number of nitrogens with one attached hydrogen (secondary N) is 2. The molecule has 0 saturated carbocycles. The predicted octanol–water partition coefficient (Wildman–Crippen LogP) is 1.68. The third-order valence-electron chi connectivity index (χ3n) is 2.66. The quantitative estimate of drug-likeness (QED) is 0.767. The van der Waals surface area contributed by atoms with Crippen LogP contribution in [0, 0.1) is 5.92 Å². The average Bonchev–Trinajstić information content (AvgIpc) is 2.38. The summed E-state index contributed by atoms with van der Waals surface area (Å²) in [5, 5.41) is 3.01. The number of benzene rings is 1. The number of thioether (sulfide) groups is 1. The van der Waals surface area contributed by atoms with Crippen LogP contribution in [0.15, 0.2) is 29.2 Å². The van der Waals surface area contributed by atoms with Gasteiger partial charge in [-0.1, -0.05) is 19.1 Å². The number of hydrogen-bond donors (Lipinski definition) is 2. The van der Waals surface area contributed by atoms with Gasteiger partial charge in [0.25, 0.3) is 0 Å². The van der Waals surface area contributed by atoms with Gasteiger partial charge in [-0.15, -0.1) is 0 Å². The molecule has 0 bridgehead atoms. The molecule has 0 aliphatic heterocycles. The highest BCUT2D eigenvalue weighted by Crippen LogP contribution is 2.12. The van der Waals surface area contributed by atoms with Crippen LogP contribution in [-0.2, 0) is 16.6 Å². The van der Waals surface area contributed by atoms with Crippen molar-refractivity contribution in [3.05, 3.63) is 29.8 Å². The molecule has 0 radical (unpaired) electrons. The molecule has 2 N–H and O–H groups in total. The third kappa shape index (κ3) is 5.52. The van der Waals surface area contributed by atoms with E-state index in [0.29, 0.717) is 23.9 Å². The Balaban J connectivity index is 2.74. The van der Waals surface area contributed by atoms with Crippen molar-refractivity contribution in [2.24, 2.45) is 5.92 Å². The Morgan fingerprint density at radius 1 is 1.37 bits per heavy atom. The van der Waals surface area contributed by atoms with E-state index in [9.17, 15) is 8.42 Å². The minimum Gasteiger partial charge on any atom is -0.316 e. The van der Waals surface area contributed by atoms with Crippen molar-refractivity contribution in [1.82, 2.24) is 10.0 Å². The molecule has 0 amide bonds. The molecule has 1 aromatic carbocycles. The fourth-order valence-electron chi connectivity index (χ4n) is 1.71. The fourth-order valence-corrected chi connectivity index (χ4v) is 3.63. The lowest BCUT2D eigenvalue weighted by Gasteiger charge is -2.12. The van der Waals surface area contributed by atoms with Crippen LogP contribution in [-0.4, -0.2) is 34.0 Å². The van der Waals surface area contributed by atoms with E-state index in [1.807, 2.05) is 26.3 Å². The first kappa shape index (κ1) is 16.5. The fraction of sp³-hybridized carbons (Fsp3) is 0.538. The van der Waals surface area contributed by atoms with Gasteiger partial charge in [-0.25, -0.2) is 13.1 Å². The van der Waals surface area contributed by atoms with E-state index < -0.39 is 10.0 Å². The molecule has 0 aliphatic carbocycles. The molecule has 0 fully saturated rings. The van der Waals surface area contributed by atoms with Crippen molar-refractivity contribution in [3.8, 4) is 0 Å². The second kappa shape index (κ2) is 7.89. The first-order chi connectivity index (χ1) is 8.99. The summed E-state index contributed by atoms with van der Waals surface area (Å²) in [7, 11) is -1.56. The lowest BCUT2D eigenvalue weighted by atomic mass is 10.2. The van der Waals surface area contributed by atoms with Gasteiger partial charge in [0, 0.05) is 13.1 Å². The van der Waals surface area contributed by atoms with Crippen LogP contribution in [0.5, 0.6) is 0 Å². The molecule has 1 unspecified atom stereocenters. The molecular weight excluding hydrogens is 280 g/mol. The molecule has 0 aromatic heterocycles. The maximum Gasteiger partial charge on any atom is 0.240 e. The van der Waals surface area contributed by atoms with Crippen molar-refractivity contribution in [3.63, 3.8) is 0 Å². The zero-order valence-corrected chi connectivity index (χ0v) is 13.3. The first-order valence-electron chi connectivity index (χ1n) is 6.21. The van der Waals surface area contributed by atoms with E-state index in [0.717, 1.165) is 11.3 Å². The van der Waals surface area contributed by atoms with Crippen molar-refractivity contribution >= 4 is 21.8 Å². The minimum atomic E-state index is -3.40. The minimum absolute atomic E-state index is 0.324. The van der Waals surface area contributed by atoms with Crippen LogP contribution in [0.3, 0.4) is 0 Å². The topological polar surface area (TPSA) is 58.2 Å². The molecule has 19 heavy (non-hydrogen) atoms. The second-order valence-corrected chi connectivity index (χ2v) is 7.27. The van der Waals surface area contributed by atoms with Crippen molar-refractivity contribution < 1.29 is 8.42 Å². The standard InChI is InChI=1S/C13H22N2O2S2/c1-11(10-18-3)8-15-19(16,17)13-6-4-5-12(7-13)9-14-2/h4-7,11,14-15H,8-10H2,1-3H3. The summed E-state index contributed by atoms with van der Waals surface area (Å²) in [6.07, 6.45) is 2.02. The summed E-state index contributed by atoms with van der Waals surface area (Å²) >= 11 is 1.72. The molecule has 1 rings (SSSR count). The molecule has 108 valence electrons. The van der Waals surface area contributed by atoms with Gasteiger partial charge in [0.2, 0.25) is 10.0 Å². The zero-order valence-electron chi connectivity index (χ0n) is 11.6.